The number of carbonyl (C=O) groups excluding carboxylic acids is 1. The normalized spacial score (nSPS) is 20.1. The Balaban J connectivity index is 2.30. The summed E-state index contributed by atoms with van der Waals surface area (Å²) >= 11 is 1.92. The zero-order chi connectivity index (χ0) is 10.2. The second-order valence-corrected chi connectivity index (χ2v) is 5.11. The average Bonchev–Trinajstić information content (AvgIpc) is 2.99. The fourth-order valence-electron chi connectivity index (χ4n) is 2.09. The highest BCUT2D eigenvalue weighted by atomic mass is 127. The van der Waals surface area contributed by atoms with Gasteiger partial charge in [0.25, 0.3) is 0 Å². The van der Waals surface area contributed by atoms with E-state index < -0.39 is 0 Å². The average molecular weight is 300 g/mol. The van der Waals surface area contributed by atoms with Gasteiger partial charge in [0.15, 0.2) is 3.79 Å². The molecule has 0 aromatic heterocycles. The van der Waals surface area contributed by atoms with E-state index in [1.54, 1.807) is 0 Å². The molecule has 2 heteroatoms. The van der Waals surface area contributed by atoms with E-state index in [1.165, 1.54) is 5.56 Å². The molecule has 0 saturated heterocycles. The number of halogens is 1. The number of carbonyl (C=O) groups is 1. The van der Waals surface area contributed by atoms with Crippen LogP contribution in [0.4, 0.5) is 0 Å². The molecule has 1 fully saturated rings. The third-order valence-corrected chi connectivity index (χ3v) is 4.24. The molecule has 2 rings (SSSR count). The van der Waals surface area contributed by atoms with E-state index in [0.717, 1.165) is 12.8 Å². The molecule has 0 heterocycles. The molecule has 0 aliphatic heterocycles. The molecule has 1 nitrogen and oxygen atoms in total. The lowest BCUT2D eigenvalue weighted by Gasteiger charge is -2.20. The van der Waals surface area contributed by atoms with Crippen molar-refractivity contribution in [2.45, 2.75) is 25.2 Å². The minimum atomic E-state index is 0.158. The molecule has 1 aliphatic rings. The maximum atomic E-state index is 11.4. The van der Waals surface area contributed by atoms with Crippen molar-refractivity contribution >= 4 is 26.4 Å². The number of rotatable bonds is 3. The molecule has 0 spiro atoms. The fourth-order valence-corrected chi connectivity index (χ4v) is 2.69. The van der Waals surface area contributed by atoms with Crippen molar-refractivity contribution in [3.8, 4) is 0 Å². The summed E-state index contributed by atoms with van der Waals surface area (Å²) in [5.41, 5.74) is 1.50. The molecule has 1 aliphatic carbocycles. The van der Waals surface area contributed by atoms with Gasteiger partial charge in [-0.25, -0.2) is 0 Å². The van der Waals surface area contributed by atoms with E-state index in [4.69, 9.17) is 0 Å². The monoisotopic (exact) mass is 300 g/mol. The van der Waals surface area contributed by atoms with Crippen LogP contribution in [0.2, 0.25) is 0 Å². The molecule has 0 radical (unpaired) electrons. The van der Waals surface area contributed by atoms with Crippen molar-refractivity contribution in [1.82, 2.24) is 0 Å². The van der Waals surface area contributed by atoms with Gasteiger partial charge in [-0.05, 0) is 41.0 Å². The summed E-state index contributed by atoms with van der Waals surface area (Å²) in [7, 11) is 0. The first kappa shape index (κ1) is 10.1. The van der Waals surface area contributed by atoms with Gasteiger partial charge in [-0.1, -0.05) is 37.3 Å². The van der Waals surface area contributed by atoms with Crippen molar-refractivity contribution in [1.29, 1.82) is 0 Å². The van der Waals surface area contributed by atoms with E-state index in [2.05, 4.69) is 31.2 Å². The number of benzene rings is 1. The standard InChI is InChI=1S/C12H13IO/c1-9(11(13)14)12(7-8-12)10-5-3-2-4-6-10/h2-6,9H,7-8H2,1H3. The smallest absolute Gasteiger partial charge is 0.196 e. The van der Waals surface area contributed by atoms with Crippen LogP contribution in [0.3, 0.4) is 0 Å². The van der Waals surface area contributed by atoms with E-state index in [-0.39, 0.29) is 15.1 Å². The Bertz CT molecular complexity index is 341. The van der Waals surface area contributed by atoms with Crippen molar-refractivity contribution < 1.29 is 4.79 Å². The lowest BCUT2D eigenvalue weighted by molar-refractivity contribution is -0.113. The van der Waals surface area contributed by atoms with E-state index in [1.807, 2.05) is 28.7 Å². The van der Waals surface area contributed by atoms with Crippen molar-refractivity contribution in [3.63, 3.8) is 0 Å². The van der Waals surface area contributed by atoms with Gasteiger partial charge in [0, 0.05) is 11.3 Å². The zero-order valence-electron chi connectivity index (χ0n) is 8.16. The van der Waals surface area contributed by atoms with Crippen LogP contribution in [0.15, 0.2) is 30.3 Å². The highest BCUT2D eigenvalue weighted by Gasteiger charge is 2.50. The van der Waals surface area contributed by atoms with E-state index >= 15 is 0 Å². The lowest BCUT2D eigenvalue weighted by Crippen LogP contribution is -2.22. The molecule has 1 saturated carbocycles. The predicted molar refractivity (Wildman–Crippen MR) is 65.5 cm³/mol. The molecule has 1 aromatic rings. The van der Waals surface area contributed by atoms with Gasteiger partial charge >= 0.3 is 0 Å². The Hall–Kier alpha value is -0.380. The Labute approximate surface area is 98.0 Å². The highest BCUT2D eigenvalue weighted by Crippen LogP contribution is 2.54. The van der Waals surface area contributed by atoms with Crippen LogP contribution in [0.25, 0.3) is 0 Å². The molecule has 1 unspecified atom stereocenters. The Morgan fingerprint density at radius 2 is 1.93 bits per heavy atom. The van der Waals surface area contributed by atoms with E-state index in [0.29, 0.717) is 0 Å². The Morgan fingerprint density at radius 1 is 1.36 bits per heavy atom. The second kappa shape index (κ2) is 3.65. The van der Waals surface area contributed by atoms with Gasteiger partial charge < -0.3 is 0 Å². The third-order valence-electron chi connectivity index (χ3n) is 3.31. The van der Waals surface area contributed by atoms with Crippen LogP contribution >= 0.6 is 22.6 Å². The van der Waals surface area contributed by atoms with Crippen LogP contribution in [0.5, 0.6) is 0 Å². The predicted octanol–water partition coefficient (Wildman–Crippen LogP) is 3.32. The van der Waals surface area contributed by atoms with Gasteiger partial charge in [0.05, 0.1) is 0 Å². The van der Waals surface area contributed by atoms with Crippen LogP contribution in [0, 0.1) is 5.92 Å². The number of hydrogen-bond donors (Lipinski definition) is 0. The summed E-state index contributed by atoms with van der Waals surface area (Å²) in [6, 6.07) is 10.4. The molecular formula is C12H13IO. The quantitative estimate of drug-likeness (QED) is 0.618. The largest absolute Gasteiger partial charge is 0.287 e. The van der Waals surface area contributed by atoms with Gasteiger partial charge in [-0.15, -0.1) is 0 Å². The van der Waals surface area contributed by atoms with Crippen LogP contribution in [-0.2, 0) is 10.2 Å². The van der Waals surface area contributed by atoms with Crippen molar-refractivity contribution in [3.05, 3.63) is 35.9 Å². The Morgan fingerprint density at radius 3 is 2.36 bits per heavy atom. The van der Waals surface area contributed by atoms with Gasteiger partial charge in [0.2, 0.25) is 0 Å². The van der Waals surface area contributed by atoms with Crippen LogP contribution in [-0.4, -0.2) is 3.79 Å². The van der Waals surface area contributed by atoms with Crippen LogP contribution < -0.4 is 0 Å². The minimum absolute atomic E-state index is 0.158. The van der Waals surface area contributed by atoms with Crippen LogP contribution in [0.1, 0.15) is 25.3 Å². The second-order valence-electron chi connectivity index (χ2n) is 4.05. The first-order chi connectivity index (χ1) is 6.67. The Kier molecular flexibility index (Phi) is 2.64. The minimum Gasteiger partial charge on any atom is -0.287 e. The van der Waals surface area contributed by atoms with E-state index in [9.17, 15) is 4.79 Å². The zero-order valence-corrected chi connectivity index (χ0v) is 10.3. The SMILES string of the molecule is CC(C(=O)I)C1(c2ccccc2)CC1. The van der Waals surface area contributed by atoms with Crippen molar-refractivity contribution in [2.24, 2.45) is 5.92 Å². The molecule has 1 aromatic carbocycles. The first-order valence-electron chi connectivity index (χ1n) is 4.92. The first-order valence-corrected chi connectivity index (χ1v) is 5.99. The topological polar surface area (TPSA) is 17.1 Å². The molecule has 0 bridgehead atoms. The molecule has 0 amide bonds. The van der Waals surface area contributed by atoms with Gasteiger partial charge in [-0.2, -0.15) is 0 Å². The highest BCUT2D eigenvalue weighted by molar-refractivity contribution is 14.1. The van der Waals surface area contributed by atoms with Gasteiger partial charge in [0.1, 0.15) is 0 Å². The molecular weight excluding hydrogens is 287 g/mol. The molecule has 0 N–H and O–H groups in total. The molecule has 14 heavy (non-hydrogen) atoms. The summed E-state index contributed by atoms with van der Waals surface area (Å²) < 4.78 is 0.281. The number of hydrogen-bond acceptors (Lipinski definition) is 1. The maximum Gasteiger partial charge on any atom is 0.196 e. The maximum absolute atomic E-state index is 11.4. The summed E-state index contributed by atoms with van der Waals surface area (Å²) in [6.07, 6.45) is 2.32. The summed E-state index contributed by atoms with van der Waals surface area (Å²) in [5.74, 6) is 0.158. The third kappa shape index (κ3) is 1.60. The summed E-state index contributed by atoms with van der Waals surface area (Å²) in [6.45, 7) is 2.05. The molecule has 74 valence electrons. The summed E-state index contributed by atoms with van der Waals surface area (Å²) in [4.78, 5) is 11.4. The fraction of sp³-hybridized carbons (Fsp3) is 0.417. The van der Waals surface area contributed by atoms with Crippen molar-refractivity contribution in [2.75, 3.05) is 0 Å². The van der Waals surface area contributed by atoms with Gasteiger partial charge in [-0.3, -0.25) is 4.79 Å². The lowest BCUT2D eigenvalue weighted by atomic mass is 9.85. The molecule has 1 atom stereocenters. The summed E-state index contributed by atoms with van der Waals surface area (Å²) in [5, 5.41) is 0.